The lowest BCUT2D eigenvalue weighted by Gasteiger charge is -2.02. The molecule has 0 unspecified atom stereocenters. The summed E-state index contributed by atoms with van der Waals surface area (Å²) < 4.78 is 5.05. The van der Waals surface area contributed by atoms with Gasteiger partial charge in [-0.3, -0.25) is 0 Å². The van der Waals surface area contributed by atoms with Crippen molar-refractivity contribution in [3.8, 4) is 0 Å². The second-order valence-corrected chi connectivity index (χ2v) is 5.84. The Morgan fingerprint density at radius 1 is 1.09 bits per heavy atom. The number of hydrogen-bond donors (Lipinski definition) is 1. The molecule has 23 heavy (non-hydrogen) atoms. The first-order valence-electron chi connectivity index (χ1n) is 7.20. The lowest BCUT2D eigenvalue weighted by Crippen LogP contribution is -1.95. The van der Waals surface area contributed by atoms with Crippen LogP contribution in [-0.2, 0) is 0 Å². The fraction of sp³-hybridized carbons (Fsp3) is 0.222. The predicted octanol–water partition coefficient (Wildman–Crippen LogP) is 5.29. The van der Waals surface area contributed by atoms with Gasteiger partial charge >= 0.3 is 0 Å². The van der Waals surface area contributed by atoms with E-state index in [-0.39, 0.29) is 0 Å². The maximum Gasteiger partial charge on any atom is 0.167 e. The van der Waals surface area contributed by atoms with Crippen LogP contribution in [0.4, 0.5) is 0 Å². The van der Waals surface area contributed by atoms with E-state index in [1.807, 2.05) is 38.1 Å². The number of benzene rings is 2. The summed E-state index contributed by atoms with van der Waals surface area (Å²) in [5, 5.41) is 17.2. The molecule has 0 radical (unpaired) electrons. The third kappa shape index (κ3) is 4.11. The molecule has 120 valence electrons. The second kappa shape index (κ2) is 7.29. The highest BCUT2D eigenvalue weighted by Crippen LogP contribution is 2.19. The molecule has 0 atom stereocenters. The number of nitrogens with zero attached hydrogens (tertiary/aromatic N) is 2. The fourth-order valence-electron chi connectivity index (χ4n) is 2.14. The van der Waals surface area contributed by atoms with E-state index < -0.39 is 0 Å². The molecule has 0 saturated carbocycles. The summed E-state index contributed by atoms with van der Waals surface area (Å²) in [6.07, 6.45) is 0. The first-order chi connectivity index (χ1) is 10.9. The number of aryl methyl sites for hydroxylation is 3. The van der Waals surface area contributed by atoms with Crippen molar-refractivity contribution in [1.29, 1.82) is 0 Å². The standard InChI is InChI=1S/C9H10ClNO.C9H9NO/c1-6-3-4-9(10)8(5-6)7(2)11-12;1-6-3-4-9-8(5-6)7(2)10-11-9/h3-5,12H,1-2H3;3-5H,1-2H3/b11-7+;. The number of hydrogen-bond acceptors (Lipinski definition) is 4. The highest BCUT2D eigenvalue weighted by atomic mass is 35.5. The third-order valence-electron chi connectivity index (χ3n) is 3.47. The Bertz CT molecular complexity index is 853. The van der Waals surface area contributed by atoms with Crippen LogP contribution in [0.25, 0.3) is 11.0 Å². The van der Waals surface area contributed by atoms with Crippen molar-refractivity contribution in [2.75, 3.05) is 0 Å². The van der Waals surface area contributed by atoms with Gasteiger partial charge in [0.1, 0.15) is 0 Å². The molecule has 0 spiro atoms. The molecule has 0 bridgehead atoms. The summed E-state index contributed by atoms with van der Waals surface area (Å²) in [7, 11) is 0. The molecule has 0 saturated heterocycles. The molecule has 1 N–H and O–H groups in total. The van der Waals surface area contributed by atoms with Gasteiger partial charge in [0.25, 0.3) is 0 Å². The Morgan fingerprint density at radius 2 is 1.74 bits per heavy atom. The summed E-state index contributed by atoms with van der Waals surface area (Å²) in [5.41, 5.74) is 5.47. The quantitative estimate of drug-likeness (QED) is 0.374. The van der Waals surface area contributed by atoms with Gasteiger partial charge in [-0.2, -0.15) is 0 Å². The van der Waals surface area contributed by atoms with E-state index in [0.717, 1.165) is 27.8 Å². The van der Waals surface area contributed by atoms with E-state index in [9.17, 15) is 0 Å². The van der Waals surface area contributed by atoms with Crippen molar-refractivity contribution in [3.63, 3.8) is 0 Å². The molecule has 0 fully saturated rings. The molecular formula is C18H19ClN2O2. The lowest BCUT2D eigenvalue weighted by atomic mass is 10.1. The molecule has 3 aromatic rings. The van der Waals surface area contributed by atoms with Crippen LogP contribution in [0.3, 0.4) is 0 Å². The van der Waals surface area contributed by atoms with Gasteiger partial charge in [-0.15, -0.1) is 0 Å². The third-order valence-corrected chi connectivity index (χ3v) is 3.80. The monoisotopic (exact) mass is 330 g/mol. The van der Waals surface area contributed by atoms with Crippen LogP contribution < -0.4 is 0 Å². The number of rotatable bonds is 1. The molecule has 1 heterocycles. The van der Waals surface area contributed by atoms with Crippen molar-refractivity contribution in [3.05, 3.63) is 63.8 Å². The zero-order valence-electron chi connectivity index (χ0n) is 13.6. The molecule has 5 heteroatoms. The fourth-order valence-corrected chi connectivity index (χ4v) is 2.40. The Kier molecular flexibility index (Phi) is 5.40. The molecule has 0 aliphatic heterocycles. The summed E-state index contributed by atoms with van der Waals surface area (Å²) in [6.45, 7) is 7.68. The van der Waals surface area contributed by atoms with E-state index in [1.165, 1.54) is 5.56 Å². The molecule has 3 rings (SSSR count). The minimum Gasteiger partial charge on any atom is -0.411 e. The van der Waals surface area contributed by atoms with Crippen LogP contribution in [0.15, 0.2) is 46.1 Å². The van der Waals surface area contributed by atoms with Crippen molar-refractivity contribution in [2.45, 2.75) is 27.7 Å². The van der Waals surface area contributed by atoms with Gasteiger partial charge in [-0.05, 0) is 52.0 Å². The minimum atomic E-state index is 0.531. The molecule has 0 amide bonds. The molecular weight excluding hydrogens is 312 g/mol. The van der Waals surface area contributed by atoms with Crippen LogP contribution >= 0.6 is 11.6 Å². The number of oxime groups is 1. The number of fused-ring (bicyclic) bond motifs is 1. The highest BCUT2D eigenvalue weighted by Gasteiger charge is 2.03. The van der Waals surface area contributed by atoms with Crippen LogP contribution in [0, 0.1) is 20.8 Å². The smallest absolute Gasteiger partial charge is 0.167 e. The van der Waals surface area contributed by atoms with E-state index in [2.05, 4.69) is 23.3 Å². The van der Waals surface area contributed by atoms with E-state index in [1.54, 1.807) is 13.0 Å². The Balaban J connectivity index is 0.000000167. The van der Waals surface area contributed by atoms with Crippen LogP contribution in [-0.4, -0.2) is 16.1 Å². The summed E-state index contributed by atoms with van der Waals surface area (Å²) in [4.78, 5) is 0. The van der Waals surface area contributed by atoms with Crippen LogP contribution in [0.5, 0.6) is 0 Å². The van der Waals surface area contributed by atoms with Crippen molar-refractivity contribution in [2.24, 2.45) is 5.16 Å². The van der Waals surface area contributed by atoms with Gasteiger partial charge in [-0.1, -0.05) is 45.2 Å². The van der Waals surface area contributed by atoms with Gasteiger partial charge in [0.15, 0.2) is 5.58 Å². The Labute approximate surface area is 140 Å². The summed E-state index contributed by atoms with van der Waals surface area (Å²) in [6, 6.07) is 11.6. The number of aromatic nitrogens is 1. The molecule has 0 aliphatic rings. The SMILES string of the molecule is C/C(=N\O)c1cc(C)ccc1Cl.Cc1ccc2onc(C)c2c1. The molecule has 2 aromatic carbocycles. The van der Waals surface area contributed by atoms with E-state index in [4.69, 9.17) is 21.3 Å². The van der Waals surface area contributed by atoms with Gasteiger partial charge in [0.2, 0.25) is 0 Å². The van der Waals surface area contributed by atoms with Gasteiger partial charge < -0.3 is 9.73 Å². The second-order valence-electron chi connectivity index (χ2n) is 5.44. The van der Waals surface area contributed by atoms with Crippen molar-refractivity contribution in [1.82, 2.24) is 5.16 Å². The van der Waals surface area contributed by atoms with Gasteiger partial charge in [-0.25, -0.2) is 0 Å². The van der Waals surface area contributed by atoms with Crippen LogP contribution in [0.1, 0.15) is 29.3 Å². The maximum absolute atomic E-state index is 8.53. The van der Waals surface area contributed by atoms with Gasteiger partial charge in [0.05, 0.1) is 11.4 Å². The average molecular weight is 331 g/mol. The zero-order valence-corrected chi connectivity index (χ0v) is 14.3. The van der Waals surface area contributed by atoms with Crippen molar-refractivity contribution >= 4 is 28.3 Å². The van der Waals surface area contributed by atoms with E-state index >= 15 is 0 Å². The summed E-state index contributed by atoms with van der Waals surface area (Å²) in [5.74, 6) is 0. The first kappa shape index (κ1) is 17.0. The topological polar surface area (TPSA) is 58.6 Å². The Hall–Kier alpha value is -2.33. The lowest BCUT2D eigenvalue weighted by molar-refractivity contribution is 0.319. The van der Waals surface area contributed by atoms with E-state index in [0.29, 0.717) is 10.7 Å². The van der Waals surface area contributed by atoms with Crippen LogP contribution in [0.2, 0.25) is 5.02 Å². The minimum absolute atomic E-state index is 0.531. The first-order valence-corrected chi connectivity index (χ1v) is 7.58. The average Bonchev–Trinajstić information content (AvgIpc) is 2.90. The summed E-state index contributed by atoms with van der Waals surface area (Å²) >= 11 is 5.88. The highest BCUT2D eigenvalue weighted by molar-refractivity contribution is 6.34. The van der Waals surface area contributed by atoms with Gasteiger partial charge in [0, 0.05) is 16.0 Å². The largest absolute Gasteiger partial charge is 0.411 e. The molecule has 4 nitrogen and oxygen atoms in total. The maximum atomic E-state index is 8.53. The Morgan fingerprint density at radius 3 is 2.43 bits per heavy atom. The number of halogens is 1. The van der Waals surface area contributed by atoms with Crippen molar-refractivity contribution < 1.29 is 9.73 Å². The molecule has 1 aromatic heterocycles. The molecule has 0 aliphatic carbocycles. The predicted molar refractivity (Wildman–Crippen MR) is 93.7 cm³/mol. The zero-order chi connectivity index (χ0) is 17.0. The normalized spacial score (nSPS) is 11.3.